The first-order valence-electron chi connectivity index (χ1n) is 21.5. The number of nitrogens with zero attached hydrogens (tertiary/aromatic N) is 3. The van der Waals surface area contributed by atoms with E-state index in [2.05, 4.69) is 97.9 Å². The second kappa shape index (κ2) is 20.0. The van der Waals surface area contributed by atoms with Gasteiger partial charge in [0.1, 0.15) is 21.9 Å². The van der Waals surface area contributed by atoms with Crippen LogP contribution in [-0.2, 0) is 50.3 Å². The third-order valence-electron chi connectivity index (χ3n) is 12.4. The molecular formula is C49H52N3NaO10S2. The molecule has 0 spiro atoms. The molecule has 0 aliphatic carbocycles. The molecule has 4 aromatic carbocycles. The topological polar surface area (TPSA) is 184 Å². The molecule has 1 atom stereocenters. The summed E-state index contributed by atoms with van der Waals surface area (Å²) in [7, 11) is -9.36. The van der Waals surface area contributed by atoms with Crippen molar-refractivity contribution in [3.63, 3.8) is 0 Å². The summed E-state index contributed by atoms with van der Waals surface area (Å²) in [5.74, 6) is -3.65. The molecule has 13 nitrogen and oxygen atoms in total. The number of imide groups is 1. The Morgan fingerprint density at radius 2 is 1.40 bits per heavy atom. The van der Waals surface area contributed by atoms with E-state index < -0.39 is 49.7 Å². The van der Waals surface area contributed by atoms with E-state index >= 15 is 0 Å². The Balaban J connectivity index is 0.00000700. The van der Waals surface area contributed by atoms with Gasteiger partial charge in [0.25, 0.3) is 11.8 Å². The van der Waals surface area contributed by atoms with Crippen LogP contribution in [0.1, 0.15) is 83.8 Å². The average molecular weight is 930 g/mol. The zero-order valence-corrected chi connectivity index (χ0v) is 41.0. The van der Waals surface area contributed by atoms with Crippen molar-refractivity contribution in [1.29, 1.82) is 0 Å². The maximum atomic E-state index is 12.5. The average Bonchev–Trinajstić information content (AvgIpc) is 3.74. The first-order chi connectivity index (χ1) is 30.3. The van der Waals surface area contributed by atoms with Crippen LogP contribution in [0.3, 0.4) is 0 Å². The molecule has 1 fully saturated rings. The minimum atomic E-state index is -5.07. The van der Waals surface area contributed by atoms with Gasteiger partial charge < -0.3 is 18.8 Å². The Kier molecular flexibility index (Phi) is 15.3. The van der Waals surface area contributed by atoms with E-state index in [-0.39, 0.29) is 64.0 Å². The zero-order valence-electron chi connectivity index (χ0n) is 37.4. The Hall–Kier alpha value is -4.74. The number of benzene rings is 4. The van der Waals surface area contributed by atoms with Crippen LogP contribution in [0, 0.1) is 0 Å². The van der Waals surface area contributed by atoms with Crippen molar-refractivity contribution in [2.24, 2.45) is 0 Å². The molecule has 3 aliphatic heterocycles. The predicted octanol–water partition coefficient (Wildman–Crippen LogP) is 4.74. The van der Waals surface area contributed by atoms with Gasteiger partial charge in [0.05, 0.1) is 22.0 Å². The van der Waals surface area contributed by atoms with Gasteiger partial charge in [-0.3, -0.25) is 9.59 Å². The molecule has 1 saturated heterocycles. The molecule has 7 rings (SSSR count). The predicted molar refractivity (Wildman–Crippen MR) is 245 cm³/mol. The zero-order chi connectivity index (χ0) is 46.0. The Morgan fingerprint density at radius 1 is 0.769 bits per heavy atom. The van der Waals surface area contributed by atoms with Crippen molar-refractivity contribution in [3.8, 4) is 0 Å². The SMILES string of the molecule is CC1(C)C(/C=C/C=C/C=C/C=C2/N(CCCCS(=O)(=O)[O-])c3ccc4ccccc4c3C2(C)C)=[N+](CCCCCC(=O)ON2C(=O)CC(S(=O)(=O)[O-])C2=O)c2ccc3ccccc3c21.[Na+]. The van der Waals surface area contributed by atoms with Gasteiger partial charge in [-0.25, -0.2) is 21.6 Å². The number of anilines is 1. The second-order valence-electron chi connectivity index (χ2n) is 17.4. The summed E-state index contributed by atoms with van der Waals surface area (Å²) in [5.41, 5.74) is 6.07. The molecule has 336 valence electrons. The van der Waals surface area contributed by atoms with E-state index in [1.807, 2.05) is 54.6 Å². The third kappa shape index (κ3) is 10.6. The molecule has 0 N–H and O–H groups in total. The van der Waals surface area contributed by atoms with Gasteiger partial charge >= 0.3 is 35.5 Å². The van der Waals surface area contributed by atoms with E-state index in [1.54, 1.807) is 0 Å². The summed E-state index contributed by atoms with van der Waals surface area (Å²) >= 11 is 0. The van der Waals surface area contributed by atoms with Crippen LogP contribution in [0.15, 0.2) is 121 Å². The van der Waals surface area contributed by atoms with E-state index in [4.69, 9.17) is 4.84 Å². The van der Waals surface area contributed by atoms with E-state index in [0.717, 1.165) is 33.6 Å². The number of hydrogen-bond donors (Lipinski definition) is 0. The molecule has 2 amide bonds. The Labute approximate surface area is 403 Å². The summed E-state index contributed by atoms with van der Waals surface area (Å²) in [6.07, 6.45) is 15.8. The molecule has 65 heavy (non-hydrogen) atoms. The van der Waals surface area contributed by atoms with Crippen molar-refractivity contribution < 1.29 is 79.3 Å². The normalized spacial score (nSPS) is 18.9. The molecule has 0 radical (unpaired) electrons. The van der Waals surface area contributed by atoms with Crippen LogP contribution in [0.2, 0.25) is 0 Å². The molecule has 0 saturated carbocycles. The van der Waals surface area contributed by atoms with Crippen LogP contribution >= 0.6 is 0 Å². The number of carbonyl (C=O) groups is 3. The summed E-state index contributed by atoms with van der Waals surface area (Å²) in [5, 5.41) is 2.62. The van der Waals surface area contributed by atoms with Crippen LogP contribution in [0.5, 0.6) is 0 Å². The number of unbranched alkanes of at least 4 members (excludes halogenated alkanes) is 3. The molecule has 0 aromatic heterocycles. The first kappa shape index (κ1) is 49.7. The van der Waals surface area contributed by atoms with Gasteiger partial charge in [0.15, 0.2) is 5.71 Å². The summed E-state index contributed by atoms with van der Waals surface area (Å²) < 4.78 is 70.3. The fourth-order valence-electron chi connectivity index (χ4n) is 9.35. The van der Waals surface area contributed by atoms with Gasteiger partial charge in [-0.2, -0.15) is 4.58 Å². The number of rotatable bonds is 17. The number of amides is 2. The van der Waals surface area contributed by atoms with Crippen molar-refractivity contribution in [2.45, 2.75) is 88.7 Å². The van der Waals surface area contributed by atoms with Gasteiger partial charge in [-0.05, 0) is 84.8 Å². The molecule has 16 heteroatoms. The van der Waals surface area contributed by atoms with Crippen molar-refractivity contribution in [3.05, 3.63) is 132 Å². The summed E-state index contributed by atoms with van der Waals surface area (Å²) in [6.45, 7) is 10.0. The minimum Gasteiger partial charge on any atom is -0.748 e. The van der Waals surface area contributed by atoms with Crippen molar-refractivity contribution in [2.75, 3.05) is 23.7 Å². The maximum absolute atomic E-state index is 12.5. The second-order valence-corrected chi connectivity index (χ2v) is 20.5. The summed E-state index contributed by atoms with van der Waals surface area (Å²) in [6, 6.07) is 25.1. The fourth-order valence-corrected chi connectivity index (χ4v) is 10.6. The number of hydroxylamine groups is 2. The standard InChI is InChI=1S/C49H53N3O10S2.Na/c1-48(2)41(23-9-6-5-7-10-24-42-49(3,4)46-37-22-15-13-20-35(37)27-29-39(46)51(42)31-17-18-32-63(56,57)58)50(38-28-26-34-19-12-14-21-36(34)45(38)48)30-16-8-11-25-44(54)62-52-43(53)33-40(47(52)55)64(59,60)61;/h5-7,9-10,12-15,19-24,26-29,40H,8,11,16-18,25,30-33H2,1-4H3,(H-,56,57,58,59,60,61);/q;+1/p-1. The largest absolute Gasteiger partial charge is 1.00 e. The van der Waals surface area contributed by atoms with Gasteiger partial charge in [0.2, 0.25) is 5.69 Å². The molecule has 3 heterocycles. The molecule has 1 unspecified atom stereocenters. The number of hydrogen-bond acceptors (Lipinski definition) is 11. The van der Waals surface area contributed by atoms with Gasteiger partial charge in [0, 0.05) is 59.6 Å². The first-order valence-corrected chi connectivity index (χ1v) is 24.5. The van der Waals surface area contributed by atoms with E-state index in [1.165, 1.54) is 21.9 Å². The van der Waals surface area contributed by atoms with Gasteiger partial charge in [-0.1, -0.05) is 98.8 Å². The maximum Gasteiger partial charge on any atom is 1.00 e. The van der Waals surface area contributed by atoms with Crippen LogP contribution in [0.4, 0.5) is 11.4 Å². The Morgan fingerprint density at radius 3 is 2.06 bits per heavy atom. The summed E-state index contributed by atoms with van der Waals surface area (Å²) in [4.78, 5) is 44.0. The monoisotopic (exact) mass is 929 g/mol. The number of fused-ring (bicyclic) bond motifs is 6. The van der Waals surface area contributed by atoms with E-state index in [9.17, 15) is 40.3 Å². The van der Waals surface area contributed by atoms with Gasteiger partial charge in [-0.15, -0.1) is 5.06 Å². The van der Waals surface area contributed by atoms with Crippen molar-refractivity contribution >= 4 is 76.7 Å². The van der Waals surface area contributed by atoms with Crippen LogP contribution < -0.4 is 34.5 Å². The third-order valence-corrected chi connectivity index (χ3v) is 14.2. The molecular weight excluding hydrogens is 878 g/mol. The minimum absolute atomic E-state index is 0. The molecule has 0 bridgehead atoms. The molecule has 3 aliphatic rings. The van der Waals surface area contributed by atoms with Crippen LogP contribution in [0.25, 0.3) is 21.5 Å². The fraction of sp³-hybridized carbons (Fsp3) is 0.347. The Bertz CT molecular complexity index is 2920. The van der Waals surface area contributed by atoms with E-state index in [0.29, 0.717) is 38.8 Å². The molecule has 4 aromatic rings. The smallest absolute Gasteiger partial charge is 0.748 e. The number of carbonyl (C=O) groups excluding carboxylic acids is 3. The number of allylic oxidation sites excluding steroid dienone is 8. The quantitative estimate of drug-likeness (QED) is 0.0356. The van der Waals surface area contributed by atoms with Crippen molar-refractivity contribution in [1.82, 2.24) is 5.06 Å². The van der Waals surface area contributed by atoms with Crippen LogP contribution in [-0.4, -0.2) is 83.2 Å².